The quantitative estimate of drug-likeness (QED) is 0.804. The second-order valence-corrected chi connectivity index (χ2v) is 7.08. The molecule has 0 spiro atoms. The van der Waals surface area contributed by atoms with E-state index in [0.717, 1.165) is 44.3 Å². The Kier molecular flexibility index (Phi) is 4.57. The van der Waals surface area contributed by atoms with Crippen molar-refractivity contribution >= 4 is 12.0 Å². The van der Waals surface area contributed by atoms with Crippen LogP contribution in [0.3, 0.4) is 0 Å². The van der Waals surface area contributed by atoms with Crippen LogP contribution < -0.4 is 5.32 Å². The fraction of sp³-hybridized carbons (Fsp3) is 0.875. The third-order valence-corrected chi connectivity index (χ3v) is 5.72. The minimum absolute atomic E-state index is 0.0825. The van der Waals surface area contributed by atoms with Crippen molar-refractivity contribution in [1.29, 1.82) is 0 Å². The van der Waals surface area contributed by atoms with E-state index in [1.807, 2.05) is 16.7 Å². The molecular formula is C16H27N3O3. The predicted molar refractivity (Wildman–Crippen MR) is 82.6 cm³/mol. The van der Waals surface area contributed by atoms with Gasteiger partial charge in [0, 0.05) is 25.2 Å². The van der Waals surface area contributed by atoms with E-state index in [0.29, 0.717) is 6.04 Å². The van der Waals surface area contributed by atoms with Crippen LogP contribution in [0.2, 0.25) is 0 Å². The molecule has 6 heteroatoms. The molecule has 3 fully saturated rings. The molecule has 0 aromatic heterocycles. The highest BCUT2D eigenvalue weighted by Gasteiger charge is 2.40. The fourth-order valence-corrected chi connectivity index (χ4v) is 4.34. The maximum absolute atomic E-state index is 12.3. The standard InChI is InChI=1S/C16H27N3O3/c1-2-18(10-15(20)21)14-6-13(7-14)17-16(22)19-8-11-4-3-5-12(11)9-19/h11-14H,2-10H2,1H3,(H,17,22)(H,20,21). The first-order valence-electron chi connectivity index (χ1n) is 8.58. The Hall–Kier alpha value is -1.30. The zero-order chi connectivity index (χ0) is 15.7. The summed E-state index contributed by atoms with van der Waals surface area (Å²) in [5.41, 5.74) is 0. The lowest BCUT2D eigenvalue weighted by molar-refractivity contribution is -0.139. The summed E-state index contributed by atoms with van der Waals surface area (Å²) >= 11 is 0. The van der Waals surface area contributed by atoms with Crippen LogP contribution in [0.1, 0.15) is 39.0 Å². The number of carboxylic acid groups (broad SMARTS) is 1. The van der Waals surface area contributed by atoms with Gasteiger partial charge in [0.2, 0.25) is 0 Å². The van der Waals surface area contributed by atoms with Crippen molar-refractivity contribution in [3.05, 3.63) is 0 Å². The number of amides is 2. The van der Waals surface area contributed by atoms with Gasteiger partial charge in [-0.1, -0.05) is 13.3 Å². The maximum Gasteiger partial charge on any atom is 0.317 e. The molecular weight excluding hydrogens is 282 g/mol. The third kappa shape index (κ3) is 3.21. The molecule has 2 aliphatic carbocycles. The van der Waals surface area contributed by atoms with E-state index in [1.165, 1.54) is 19.3 Å². The van der Waals surface area contributed by atoms with Gasteiger partial charge in [-0.15, -0.1) is 0 Å². The smallest absolute Gasteiger partial charge is 0.317 e. The van der Waals surface area contributed by atoms with Gasteiger partial charge < -0.3 is 15.3 Å². The lowest BCUT2D eigenvalue weighted by atomic mass is 9.85. The minimum Gasteiger partial charge on any atom is -0.480 e. The summed E-state index contributed by atoms with van der Waals surface area (Å²) in [7, 11) is 0. The van der Waals surface area contributed by atoms with Gasteiger partial charge in [0.15, 0.2) is 0 Å². The molecule has 2 atom stereocenters. The zero-order valence-electron chi connectivity index (χ0n) is 13.3. The van der Waals surface area contributed by atoms with E-state index in [9.17, 15) is 9.59 Å². The third-order valence-electron chi connectivity index (χ3n) is 5.72. The van der Waals surface area contributed by atoms with Crippen LogP contribution in [0, 0.1) is 11.8 Å². The molecule has 2 N–H and O–H groups in total. The van der Waals surface area contributed by atoms with Crippen LogP contribution in [-0.2, 0) is 4.79 Å². The lowest BCUT2D eigenvalue weighted by Crippen LogP contribution is -2.56. The second kappa shape index (κ2) is 6.44. The molecule has 124 valence electrons. The highest BCUT2D eigenvalue weighted by molar-refractivity contribution is 5.75. The summed E-state index contributed by atoms with van der Waals surface area (Å²) in [6, 6.07) is 0.587. The second-order valence-electron chi connectivity index (χ2n) is 7.08. The van der Waals surface area contributed by atoms with Crippen molar-refractivity contribution in [3.63, 3.8) is 0 Å². The van der Waals surface area contributed by atoms with Gasteiger partial charge in [-0.2, -0.15) is 0 Å². The molecule has 0 aromatic rings. The van der Waals surface area contributed by atoms with Gasteiger partial charge in [-0.3, -0.25) is 9.69 Å². The van der Waals surface area contributed by atoms with E-state index < -0.39 is 5.97 Å². The first kappa shape index (κ1) is 15.6. The van der Waals surface area contributed by atoms with E-state index in [-0.39, 0.29) is 18.6 Å². The molecule has 1 aliphatic heterocycles. The summed E-state index contributed by atoms with van der Waals surface area (Å²) in [4.78, 5) is 27.1. The average Bonchev–Trinajstić information content (AvgIpc) is 3.00. The SMILES string of the molecule is CCN(CC(=O)O)C1CC(NC(=O)N2CC3CCCC3C2)C1. The fourth-order valence-electron chi connectivity index (χ4n) is 4.34. The molecule has 2 amide bonds. The van der Waals surface area contributed by atoms with Crippen LogP contribution in [0.15, 0.2) is 0 Å². The number of hydrogen-bond donors (Lipinski definition) is 2. The van der Waals surface area contributed by atoms with Gasteiger partial charge in [0.25, 0.3) is 0 Å². The van der Waals surface area contributed by atoms with Crippen molar-refractivity contribution in [2.45, 2.75) is 51.1 Å². The van der Waals surface area contributed by atoms with E-state index >= 15 is 0 Å². The molecule has 2 saturated carbocycles. The number of carbonyl (C=O) groups is 2. The Balaban J connectivity index is 1.40. The first-order chi connectivity index (χ1) is 10.6. The molecule has 3 aliphatic rings. The van der Waals surface area contributed by atoms with Gasteiger partial charge in [0.1, 0.15) is 0 Å². The summed E-state index contributed by atoms with van der Waals surface area (Å²) in [5, 5.41) is 12.0. The number of fused-ring (bicyclic) bond motifs is 1. The Bertz CT molecular complexity index is 424. The zero-order valence-corrected chi connectivity index (χ0v) is 13.3. The van der Waals surface area contributed by atoms with Gasteiger partial charge in [-0.25, -0.2) is 4.79 Å². The minimum atomic E-state index is -0.780. The van der Waals surface area contributed by atoms with Crippen LogP contribution in [0.4, 0.5) is 4.79 Å². The van der Waals surface area contributed by atoms with Gasteiger partial charge in [-0.05, 0) is 44.1 Å². The summed E-state index contributed by atoms with van der Waals surface area (Å²) in [6.45, 7) is 4.67. The Morgan fingerprint density at radius 3 is 2.41 bits per heavy atom. The van der Waals surface area contributed by atoms with E-state index in [4.69, 9.17) is 5.11 Å². The van der Waals surface area contributed by atoms with Crippen LogP contribution in [0.5, 0.6) is 0 Å². The first-order valence-corrected chi connectivity index (χ1v) is 8.58. The maximum atomic E-state index is 12.3. The summed E-state index contributed by atoms with van der Waals surface area (Å²) < 4.78 is 0. The molecule has 6 nitrogen and oxygen atoms in total. The number of aliphatic carboxylic acids is 1. The Morgan fingerprint density at radius 2 is 1.86 bits per heavy atom. The number of nitrogens with one attached hydrogen (secondary N) is 1. The van der Waals surface area contributed by atoms with Crippen molar-refractivity contribution in [3.8, 4) is 0 Å². The number of likely N-dealkylation sites (N-methyl/N-ethyl adjacent to an activating group) is 1. The van der Waals surface area contributed by atoms with Crippen molar-refractivity contribution < 1.29 is 14.7 Å². The van der Waals surface area contributed by atoms with Crippen LogP contribution >= 0.6 is 0 Å². The molecule has 2 unspecified atom stereocenters. The largest absolute Gasteiger partial charge is 0.480 e. The molecule has 0 aromatic carbocycles. The van der Waals surface area contributed by atoms with Crippen LogP contribution in [-0.4, -0.2) is 65.2 Å². The highest BCUT2D eigenvalue weighted by atomic mass is 16.4. The van der Waals surface area contributed by atoms with E-state index in [2.05, 4.69) is 5.32 Å². The van der Waals surface area contributed by atoms with Crippen molar-refractivity contribution in [1.82, 2.24) is 15.1 Å². The number of rotatable bonds is 5. The number of carboxylic acids is 1. The number of carbonyl (C=O) groups excluding carboxylic acids is 1. The van der Waals surface area contributed by atoms with Gasteiger partial charge in [0.05, 0.1) is 6.54 Å². The number of hydrogen-bond acceptors (Lipinski definition) is 3. The number of urea groups is 1. The molecule has 22 heavy (non-hydrogen) atoms. The highest BCUT2D eigenvalue weighted by Crippen LogP contribution is 2.37. The predicted octanol–water partition coefficient (Wildman–Crippen LogP) is 1.37. The Morgan fingerprint density at radius 1 is 1.23 bits per heavy atom. The Labute approximate surface area is 131 Å². The molecule has 1 saturated heterocycles. The lowest BCUT2D eigenvalue weighted by Gasteiger charge is -2.42. The molecule has 0 radical (unpaired) electrons. The molecule has 3 rings (SSSR count). The van der Waals surface area contributed by atoms with Crippen LogP contribution in [0.25, 0.3) is 0 Å². The normalized spacial score (nSPS) is 33.6. The number of nitrogens with zero attached hydrogens (tertiary/aromatic N) is 2. The van der Waals surface area contributed by atoms with Crippen molar-refractivity contribution in [2.75, 3.05) is 26.2 Å². The number of likely N-dealkylation sites (tertiary alicyclic amines) is 1. The van der Waals surface area contributed by atoms with Gasteiger partial charge >= 0.3 is 12.0 Å². The van der Waals surface area contributed by atoms with Crippen molar-refractivity contribution in [2.24, 2.45) is 11.8 Å². The summed E-state index contributed by atoms with van der Waals surface area (Å²) in [6.07, 6.45) is 5.62. The topological polar surface area (TPSA) is 72.9 Å². The van der Waals surface area contributed by atoms with E-state index in [1.54, 1.807) is 0 Å². The molecule has 0 bridgehead atoms. The monoisotopic (exact) mass is 309 g/mol. The summed E-state index contributed by atoms with van der Waals surface area (Å²) in [5.74, 6) is 0.676. The molecule has 1 heterocycles. The average molecular weight is 309 g/mol.